The van der Waals surface area contributed by atoms with Crippen molar-refractivity contribution < 1.29 is 23.0 Å². The molecule has 0 unspecified atom stereocenters. The fourth-order valence-corrected chi connectivity index (χ4v) is 5.95. The monoisotopic (exact) mass is 442 g/mol. The quantitative estimate of drug-likeness (QED) is 0.682. The minimum atomic E-state index is -3.16. The zero-order valence-electron chi connectivity index (χ0n) is 14.9. The van der Waals surface area contributed by atoms with E-state index < -0.39 is 15.1 Å². The molecule has 2 atom stereocenters. The number of phenols is 1. The Bertz CT molecular complexity index is 857. The number of hydrogen-bond donors (Lipinski definition) is 1. The van der Waals surface area contributed by atoms with Gasteiger partial charge in [-0.05, 0) is 49.1 Å². The lowest BCUT2D eigenvalue weighted by Gasteiger charge is -2.14. The summed E-state index contributed by atoms with van der Waals surface area (Å²) >= 11 is 3.41. The lowest BCUT2D eigenvalue weighted by atomic mass is 9.97. The number of hydrogen-bond acceptors (Lipinski definition) is 5. The van der Waals surface area contributed by atoms with Crippen LogP contribution in [0.1, 0.15) is 25.3 Å². The van der Waals surface area contributed by atoms with Crippen LogP contribution in [-0.2, 0) is 19.3 Å². The van der Waals surface area contributed by atoms with Crippen LogP contribution >= 0.6 is 15.9 Å². The molecule has 0 aliphatic carbocycles. The van der Waals surface area contributed by atoms with Gasteiger partial charge in [-0.2, -0.15) is 0 Å². The van der Waals surface area contributed by atoms with Gasteiger partial charge in [-0.3, -0.25) is 0 Å². The van der Waals surface area contributed by atoms with E-state index in [1.54, 1.807) is 19.2 Å². The summed E-state index contributed by atoms with van der Waals surface area (Å²) in [7, 11) is -1.58. The molecule has 1 saturated heterocycles. The lowest BCUT2D eigenvalue weighted by molar-refractivity contribution is 0.117. The number of benzene rings is 1. The molecule has 0 bridgehead atoms. The van der Waals surface area contributed by atoms with Gasteiger partial charge in [-0.25, -0.2) is 8.42 Å². The Morgan fingerprint density at radius 2 is 2.23 bits per heavy atom. The van der Waals surface area contributed by atoms with E-state index in [9.17, 15) is 13.5 Å². The molecule has 3 rings (SSSR count). The maximum absolute atomic E-state index is 12.3. The zero-order chi connectivity index (χ0) is 18.9. The van der Waals surface area contributed by atoms with Crippen LogP contribution in [0.2, 0.25) is 0 Å². The standard InChI is InChI=1S/C19H23BrO5S/c1-12(7-13-8-15(20)4-5-16(13)21)3-6-17-19-14(9-24-2)11-26(22,23)18(19)10-25-17/h4-5,7-8,17-18,21H,3,6,9-11H2,1-2H3/b12-7+/t17-,18+/m1/s1. The van der Waals surface area contributed by atoms with Gasteiger partial charge in [0.25, 0.3) is 0 Å². The molecule has 26 heavy (non-hydrogen) atoms. The first-order valence-electron chi connectivity index (χ1n) is 8.51. The molecule has 2 aliphatic heterocycles. The predicted molar refractivity (Wildman–Crippen MR) is 105 cm³/mol. The van der Waals surface area contributed by atoms with Crippen LogP contribution in [-0.4, -0.2) is 51.0 Å². The average molecular weight is 443 g/mol. The second-order valence-electron chi connectivity index (χ2n) is 6.84. The number of ether oxygens (including phenoxy) is 2. The molecule has 1 N–H and O–H groups in total. The molecule has 0 radical (unpaired) electrons. The summed E-state index contributed by atoms with van der Waals surface area (Å²) in [4.78, 5) is 0. The van der Waals surface area contributed by atoms with Crippen molar-refractivity contribution in [3.05, 3.63) is 45.0 Å². The van der Waals surface area contributed by atoms with Crippen LogP contribution in [0.25, 0.3) is 6.08 Å². The molecule has 7 heteroatoms. The van der Waals surface area contributed by atoms with Gasteiger partial charge in [-0.1, -0.05) is 27.6 Å². The van der Waals surface area contributed by atoms with Crippen LogP contribution < -0.4 is 0 Å². The van der Waals surface area contributed by atoms with E-state index in [1.807, 2.05) is 19.1 Å². The van der Waals surface area contributed by atoms with Crippen LogP contribution in [0.5, 0.6) is 5.75 Å². The Balaban J connectivity index is 1.72. The van der Waals surface area contributed by atoms with Crippen molar-refractivity contribution in [1.29, 1.82) is 0 Å². The molecule has 2 aliphatic rings. The lowest BCUT2D eigenvalue weighted by Crippen LogP contribution is -2.19. The molecule has 0 spiro atoms. The van der Waals surface area contributed by atoms with E-state index in [-0.39, 0.29) is 24.2 Å². The maximum Gasteiger partial charge on any atom is 0.163 e. The van der Waals surface area contributed by atoms with Crippen molar-refractivity contribution in [3.8, 4) is 5.75 Å². The topological polar surface area (TPSA) is 72.8 Å². The molecule has 1 aromatic rings. The van der Waals surface area contributed by atoms with Gasteiger partial charge in [-0.15, -0.1) is 0 Å². The number of methoxy groups -OCH3 is 1. The SMILES string of the molecule is COCC1=C2[C@@H](CC/C(C)=C/c3cc(Br)ccc3O)OC[C@@H]2S(=O)(=O)C1. The second-order valence-corrected chi connectivity index (χ2v) is 9.94. The third-order valence-electron chi connectivity index (χ3n) is 4.87. The summed E-state index contributed by atoms with van der Waals surface area (Å²) in [6, 6.07) is 5.31. The third-order valence-corrected chi connectivity index (χ3v) is 7.37. The van der Waals surface area contributed by atoms with Gasteiger partial charge >= 0.3 is 0 Å². The summed E-state index contributed by atoms with van der Waals surface area (Å²) in [5.41, 5.74) is 3.61. The first kappa shape index (κ1) is 19.6. The van der Waals surface area contributed by atoms with Gasteiger partial charge < -0.3 is 14.6 Å². The summed E-state index contributed by atoms with van der Waals surface area (Å²) in [6.07, 6.45) is 3.24. The highest BCUT2D eigenvalue weighted by atomic mass is 79.9. The van der Waals surface area contributed by atoms with E-state index in [2.05, 4.69) is 15.9 Å². The third kappa shape index (κ3) is 4.06. The number of phenolic OH excluding ortho intramolecular Hbond substituents is 1. The molecule has 0 saturated carbocycles. The molecule has 0 aromatic heterocycles. The van der Waals surface area contributed by atoms with E-state index in [1.165, 1.54) is 0 Å². The minimum Gasteiger partial charge on any atom is -0.507 e. The summed E-state index contributed by atoms with van der Waals surface area (Å²) in [5, 5.41) is 9.46. The Hall–Kier alpha value is -1.15. The van der Waals surface area contributed by atoms with Gasteiger partial charge in [0.05, 0.1) is 25.1 Å². The van der Waals surface area contributed by atoms with Crippen LogP contribution in [0, 0.1) is 0 Å². The van der Waals surface area contributed by atoms with Gasteiger partial charge in [0.15, 0.2) is 9.84 Å². The van der Waals surface area contributed by atoms with Gasteiger partial charge in [0, 0.05) is 17.1 Å². The van der Waals surface area contributed by atoms with Crippen molar-refractivity contribution in [2.24, 2.45) is 0 Å². The van der Waals surface area contributed by atoms with Crippen LogP contribution in [0.15, 0.2) is 39.4 Å². The first-order chi connectivity index (χ1) is 12.3. The van der Waals surface area contributed by atoms with Gasteiger partial charge in [0.1, 0.15) is 11.0 Å². The molecular weight excluding hydrogens is 420 g/mol. The zero-order valence-corrected chi connectivity index (χ0v) is 17.3. The smallest absolute Gasteiger partial charge is 0.163 e. The molecular formula is C19H23BrO5S. The predicted octanol–water partition coefficient (Wildman–Crippen LogP) is 3.48. The molecule has 142 valence electrons. The Morgan fingerprint density at radius 3 is 2.96 bits per heavy atom. The summed E-state index contributed by atoms with van der Waals surface area (Å²) in [5.74, 6) is 0.318. The van der Waals surface area contributed by atoms with E-state index >= 15 is 0 Å². The fraction of sp³-hybridized carbons (Fsp3) is 0.474. The van der Waals surface area contributed by atoms with E-state index in [0.717, 1.165) is 33.2 Å². The molecule has 5 nitrogen and oxygen atoms in total. The van der Waals surface area contributed by atoms with Crippen molar-refractivity contribution in [3.63, 3.8) is 0 Å². The van der Waals surface area contributed by atoms with Crippen LogP contribution in [0.4, 0.5) is 0 Å². The fourth-order valence-electron chi connectivity index (χ4n) is 3.65. The first-order valence-corrected chi connectivity index (χ1v) is 11.0. The normalized spacial score (nSPS) is 25.0. The highest BCUT2D eigenvalue weighted by Gasteiger charge is 2.46. The minimum absolute atomic E-state index is 0.0848. The van der Waals surface area contributed by atoms with Gasteiger partial charge in [0.2, 0.25) is 0 Å². The average Bonchev–Trinajstić information content (AvgIpc) is 3.10. The maximum atomic E-state index is 12.3. The number of sulfone groups is 1. The second kappa shape index (κ2) is 7.84. The highest BCUT2D eigenvalue weighted by Crippen LogP contribution is 2.38. The Labute approximate surface area is 162 Å². The van der Waals surface area contributed by atoms with Crippen LogP contribution in [0.3, 0.4) is 0 Å². The highest BCUT2D eigenvalue weighted by molar-refractivity contribution is 9.10. The Kier molecular flexibility index (Phi) is 5.91. The van der Waals surface area contributed by atoms with E-state index in [4.69, 9.17) is 9.47 Å². The summed E-state index contributed by atoms with van der Waals surface area (Å²) < 4.78 is 36.5. The Morgan fingerprint density at radius 1 is 1.46 bits per heavy atom. The van der Waals surface area contributed by atoms with Crippen molar-refractivity contribution in [2.45, 2.75) is 31.1 Å². The molecule has 2 heterocycles. The largest absolute Gasteiger partial charge is 0.507 e. The number of aromatic hydroxyl groups is 1. The summed E-state index contributed by atoms with van der Waals surface area (Å²) in [6.45, 7) is 2.58. The molecule has 1 aromatic carbocycles. The van der Waals surface area contributed by atoms with E-state index in [0.29, 0.717) is 13.0 Å². The number of fused-ring (bicyclic) bond motifs is 1. The van der Waals surface area contributed by atoms with Crippen molar-refractivity contribution >= 4 is 31.8 Å². The van der Waals surface area contributed by atoms with Crippen molar-refractivity contribution in [2.75, 3.05) is 26.1 Å². The number of rotatable bonds is 6. The number of allylic oxidation sites excluding steroid dienone is 1. The molecule has 0 amide bonds. The van der Waals surface area contributed by atoms with Crippen molar-refractivity contribution in [1.82, 2.24) is 0 Å². The molecule has 1 fully saturated rings. The number of halogens is 1.